The summed E-state index contributed by atoms with van der Waals surface area (Å²) >= 11 is 0. The Morgan fingerprint density at radius 2 is 1.51 bits per heavy atom. The van der Waals surface area contributed by atoms with Gasteiger partial charge in [0.1, 0.15) is 5.82 Å². The van der Waals surface area contributed by atoms with Gasteiger partial charge in [-0.15, -0.1) is 0 Å². The van der Waals surface area contributed by atoms with Gasteiger partial charge >= 0.3 is 6.18 Å². The van der Waals surface area contributed by atoms with Crippen molar-refractivity contribution in [3.05, 3.63) is 131 Å². The highest BCUT2D eigenvalue weighted by Gasteiger charge is 2.30. The summed E-state index contributed by atoms with van der Waals surface area (Å²) in [7, 11) is 0. The Kier molecular flexibility index (Phi) is 9.22. The summed E-state index contributed by atoms with van der Waals surface area (Å²) < 4.78 is 39.1. The van der Waals surface area contributed by atoms with Crippen LogP contribution in [0.5, 0.6) is 0 Å². The van der Waals surface area contributed by atoms with E-state index in [4.69, 9.17) is 0 Å². The Morgan fingerprint density at radius 3 is 2.22 bits per heavy atom. The molecule has 0 fully saturated rings. The highest BCUT2D eigenvalue weighted by Crippen LogP contribution is 2.32. The number of fused-ring (bicyclic) bond motifs is 1. The Bertz CT molecular complexity index is 1840. The van der Waals surface area contributed by atoms with E-state index in [1.54, 1.807) is 61.5 Å². The third-order valence-corrected chi connectivity index (χ3v) is 7.22. The Balaban J connectivity index is 1.31. The van der Waals surface area contributed by atoms with Crippen LogP contribution < -0.4 is 16.0 Å². The van der Waals surface area contributed by atoms with Gasteiger partial charge in [0, 0.05) is 29.5 Å². The normalized spacial score (nSPS) is 11.9. The number of hydrogen-bond acceptors (Lipinski definition) is 4. The zero-order chi connectivity index (χ0) is 32.0. The number of amides is 3. The second-order valence-electron chi connectivity index (χ2n) is 10.3. The van der Waals surface area contributed by atoms with Crippen LogP contribution in [0.3, 0.4) is 0 Å². The van der Waals surface area contributed by atoms with E-state index in [-0.39, 0.29) is 29.7 Å². The minimum absolute atomic E-state index is 0.118. The van der Waals surface area contributed by atoms with Gasteiger partial charge < -0.3 is 16.0 Å². The second kappa shape index (κ2) is 13.4. The standard InChI is InChI=1S/C35H29F3N4O3/c1-2-32(43)39-21-30(23-8-4-3-5-9-23)41-33(44)25-14-18-29-24(20-25)15-19-31(40-29)42-34(45)28-11-7-6-10-27(28)22-12-16-26(17-13-22)35(36,37)38/h3-20,30H,2,21H2,1H3,(H,39,43)(H,41,44)(H,40,42,45)/t30-/m1/s1. The molecule has 0 unspecified atom stereocenters. The van der Waals surface area contributed by atoms with Crippen molar-refractivity contribution >= 4 is 34.4 Å². The van der Waals surface area contributed by atoms with Gasteiger partial charge in [-0.2, -0.15) is 13.2 Å². The van der Waals surface area contributed by atoms with Crippen molar-refractivity contribution < 1.29 is 27.6 Å². The summed E-state index contributed by atoms with van der Waals surface area (Å²) in [5.41, 5.74) is 2.23. The average Bonchev–Trinajstić information content (AvgIpc) is 3.06. The molecule has 1 aromatic heterocycles. The van der Waals surface area contributed by atoms with Crippen LogP contribution in [0.15, 0.2) is 109 Å². The first-order valence-corrected chi connectivity index (χ1v) is 14.2. The minimum Gasteiger partial charge on any atom is -0.354 e. The van der Waals surface area contributed by atoms with Crippen molar-refractivity contribution in [1.82, 2.24) is 15.6 Å². The molecule has 10 heteroatoms. The summed E-state index contributed by atoms with van der Waals surface area (Å²) in [6, 6.07) is 28.5. The van der Waals surface area contributed by atoms with E-state index in [1.807, 2.05) is 30.3 Å². The van der Waals surface area contributed by atoms with Gasteiger partial charge in [0.05, 0.1) is 17.1 Å². The van der Waals surface area contributed by atoms with Crippen LogP contribution in [0.4, 0.5) is 19.0 Å². The molecule has 228 valence electrons. The van der Waals surface area contributed by atoms with E-state index in [0.717, 1.165) is 17.7 Å². The number of aromatic nitrogens is 1. The van der Waals surface area contributed by atoms with Crippen LogP contribution in [0.2, 0.25) is 0 Å². The quantitative estimate of drug-likeness (QED) is 0.165. The van der Waals surface area contributed by atoms with Crippen molar-refractivity contribution in [1.29, 1.82) is 0 Å². The first-order valence-electron chi connectivity index (χ1n) is 14.2. The minimum atomic E-state index is -4.46. The molecule has 4 aromatic carbocycles. The van der Waals surface area contributed by atoms with Crippen molar-refractivity contribution in [2.24, 2.45) is 0 Å². The summed E-state index contributed by atoms with van der Waals surface area (Å²) in [6.45, 7) is 2.00. The lowest BCUT2D eigenvalue weighted by atomic mass is 9.98. The lowest BCUT2D eigenvalue weighted by molar-refractivity contribution is -0.137. The van der Waals surface area contributed by atoms with E-state index in [0.29, 0.717) is 34.0 Å². The highest BCUT2D eigenvalue weighted by molar-refractivity contribution is 6.08. The Morgan fingerprint density at radius 1 is 0.800 bits per heavy atom. The van der Waals surface area contributed by atoms with Gasteiger partial charge in [-0.05, 0) is 65.2 Å². The molecule has 3 amide bonds. The van der Waals surface area contributed by atoms with Gasteiger partial charge in [0.2, 0.25) is 5.91 Å². The number of rotatable bonds is 9. The molecule has 0 spiro atoms. The molecule has 0 radical (unpaired) electrons. The number of benzene rings is 4. The van der Waals surface area contributed by atoms with Crippen LogP contribution in [-0.4, -0.2) is 29.3 Å². The maximum atomic E-state index is 13.2. The fourth-order valence-corrected chi connectivity index (χ4v) is 4.81. The first-order chi connectivity index (χ1) is 21.6. The molecule has 0 bridgehead atoms. The van der Waals surface area contributed by atoms with Crippen LogP contribution in [-0.2, 0) is 11.0 Å². The van der Waals surface area contributed by atoms with E-state index < -0.39 is 23.7 Å². The molecule has 7 nitrogen and oxygen atoms in total. The molecule has 3 N–H and O–H groups in total. The number of carbonyl (C=O) groups is 3. The predicted molar refractivity (Wildman–Crippen MR) is 167 cm³/mol. The Hall–Kier alpha value is -5.51. The third-order valence-electron chi connectivity index (χ3n) is 7.22. The molecular formula is C35H29F3N4O3. The highest BCUT2D eigenvalue weighted by atomic mass is 19.4. The monoisotopic (exact) mass is 610 g/mol. The second-order valence-corrected chi connectivity index (χ2v) is 10.3. The predicted octanol–water partition coefficient (Wildman–Crippen LogP) is 7.17. The van der Waals surface area contributed by atoms with Gasteiger partial charge in [0.25, 0.3) is 11.8 Å². The maximum absolute atomic E-state index is 13.2. The summed E-state index contributed by atoms with van der Waals surface area (Å²) in [6.07, 6.45) is -4.12. The molecule has 45 heavy (non-hydrogen) atoms. The summed E-state index contributed by atoms with van der Waals surface area (Å²) in [5.74, 6) is -0.653. The Labute approximate surface area is 257 Å². The number of pyridine rings is 1. The average molecular weight is 611 g/mol. The number of nitrogens with zero attached hydrogens (tertiary/aromatic N) is 1. The molecule has 0 aliphatic heterocycles. The first kappa shape index (κ1) is 30.9. The van der Waals surface area contributed by atoms with E-state index in [9.17, 15) is 27.6 Å². The molecule has 0 saturated carbocycles. The number of anilines is 1. The van der Waals surface area contributed by atoms with Crippen molar-refractivity contribution in [2.75, 3.05) is 11.9 Å². The third kappa shape index (κ3) is 7.53. The number of alkyl halides is 3. The SMILES string of the molecule is CCC(=O)NC[C@@H](NC(=O)c1ccc2nc(NC(=O)c3ccccc3-c3ccc(C(F)(F)F)cc3)ccc2c1)c1ccccc1. The van der Waals surface area contributed by atoms with Gasteiger partial charge in [-0.1, -0.05) is 67.6 Å². The number of hydrogen-bond donors (Lipinski definition) is 3. The van der Waals surface area contributed by atoms with Crippen LogP contribution >= 0.6 is 0 Å². The van der Waals surface area contributed by atoms with Crippen molar-refractivity contribution in [2.45, 2.75) is 25.6 Å². The van der Waals surface area contributed by atoms with Gasteiger partial charge in [-0.25, -0.2) is 4.98 Å². The van der Waals surface area contributed by atoms with Crippen molar-refractivity contribution in [3.8, 4) is 11.1 Å². The van der Waals surface area contributed by atoms with E-state index in [1.165, 1.54) is 12.1 Å². The molecule has 5 aromatic rings. The zero-order valence-corrected chi connectivity index (χ0v) is 24.2. The van der Waals surface area contributed by atoms with E-state index >= 15 is 0 Å². The molecule has 5 rings (SSSR count). The molecule has 0 aliphatic rings. The summed E-state index contributed by atoms with van der Waals surface area (Å²) in [5, 5.41) is 9.25. The van der Waals surface area contributed by atoms with E-state index in [2.05, 4.69) is 20.9 Å². The lowest BCUT2D eigenvalue weighted by Crippen LogP contribution is -2.37. The number of nitrogens with one attached hydrogen (secondary N) is 3. The number of halogens is 3. The fourth-order valence-electron chi connectivity index (χ4n) is 4.81. The van der Waals surface area contributed by atoms with Crippen LogP contribution in [0, 0.1) is 0 Å². The molecule has 1 atom stereocenters. The molecule has 0 saturated heterocycles. The zero-order valence-electron chi connectivity index (χ0n) is 24.2. The van der Waals surface area contributed by atoms with Gasteiger partial charge in [-0.3, -0.25) is 14.4 Å². The molecule has 0 aliphatic carbocycles. The van der Waals surface area contributed by atoms with Crippen molar-refractivity contribution in [3.63, 3.8) is 0 Å². The van der Waals surface area contributed by atoms with Crippen LogP contribution in [0.25, 0.3) is 22.0 Å². The van der Waals surface area contributed by atoms with Crippen LogP contribution in [0.1, 0.15) is 51.2 Å². The molecular weight excluding hydrogens is 581 g/mol. The summed E-state index contributed by atoms with van der Waals surface area (Å²) in [4.78, 5) is 42.8. The van der Waals surface area contributed by atoms with Gasteiger partial charge in [0.15, 0.2) is 0 Å². The molecule has 1 heterocycles. The maximum Gasteiger partial charge on any atom is 0.416 e. The smallest absolute Gasteiger partial charge is 0.354 e. The fraction of sp³-hybridized carbons (Fsp3) is 0.143. The largest absolute Gasteiger partial charge is 0.416 e. The topological polar surface area (TPSA) is 100 Å². The number of carbonyl (C=O) groups excluding carboxylic acids is 3. The lowest BCUT2D eigenvalue weighted by Gasteiger charge is -2.20.